The summed E-state index contributed by atoms with van der Waals surface area (Å²) >= 11 is 1.79. The van der Waals surface area contributed by atoms with Crippen molar-refractivity contribution in [3.05, 3.63) is 21.4 Å². The number of esters is 1. The van der Waals surface area contributed by atoms with E-state index < -0.39 is 0 Å². The van der Waals surface area contributed by atoms with Crippen LogP contribution in [-0.4, -0.2) is 12.6 Å². The molecule has 1 unspecified atom stereocenters. The SMILES string of the molecule is CCOC(=O)CC1(CC(N)c2sc(C)cc2C)CCCC1. The number of rotatable bonds is 6. The van der Waals surface area contributed by atoms with E-state index in [1.807, 2.05) is 6.92 Å². The van der Waals surface area contributed by atoms with Gasteiger partial charge in [0.2, 0.25) is 0 Å². The zero-order valence-corrected chi connectivity index (χ0v) is 14.2. The van der Waals surface area contributed by atoms with Crippen LogP contribution in [0.4, 0.5) is 0 Å². The second kappa shape index (κ2) is 6.93. The lowest BCUT2D eigenvalue weighted by atomic mass is 9.77. The van der Waals surface area contributed by atoms with Gasteiger partial charge in [-0.2, -0.15) is 0 Å². The van der Waals surface area contributed by atoms with Gasteiger partial charge in [-0.25, -0.2) is 0 Å². The van der Waals surface area contributed by atoms with E-state index >= 15 is 0 Å². The van der Waals surface area contributed by atoms with Crippen molar-refractivity contribution >= 4 is 17.3 Å². The first kappa shape index (κ1) is 16.5. The molecule has 1 aromatic rings. The fourth-order valence-electron chi connectivity index (χ4n) is 3.68. The number of ether oxygens (including phenoxy) is 1. The molecule has 118 valence electrons. The van der Waals surface area contributed by atoms with Gasteiger partial charge in [-0.3, -0.25) is 4.79 Å². The normalized spacial score (nSPS) is 18.7. The Bertz CT molecular complexity index is 489. The summed E-state index contributed by atoms with van der Waals surface area (Å²) in [5, 5.41) is 0. The van der Waals surface area contributed by atoms with E-state index in [0.717, 1.165) is 19.3 Å². The first-order valence-corrected chi connectivity index (χ1v) is 8.75. The Morgan fingerprint density at radius 3 is 2.62 bits per heavy atom. The lowest BCUT2D eigenvalue weighted by molar-refractivity contribution is -0.146. The maximum atomic E-state index is 11.9. The van der Waals surface area contributed by atoms with E-state index in [0.29, 0.717) is 13.0 Å². The maximum absolute atomic E-state index is 11.9. The molecule has 1 heterocycles. The summed E-state index contributed by atoms with van der Waals surface area (Å²) in [5.74, 6) is -0.0642. The Balaban J connectivity index is 2.08. The Hall–Kier alpha value is -0.870. The van der Waals surface area contributed by atoms with Crippen LogP contribution in [-0.2, 0) is 9.53 Å². The highest BCUT2D eigenvalue weighted by Gasteiger charge is 2.38. The largest absolute Gasteiger partial charge is 0.466 e. The summed E-state index contributed by atoms with van der Waals surface area (Å²) in [7, 11) is 0. The predicted molar refractivity (Wildman–Crippen MR) is 87.5 cm³/mol. The first-order valence-electron chi connectivity index (χ1n) is 7.94. The quantitative estimate of drug-likeness (QED) is 0.798. The molecule has 1 saturated carbocycles. The van der Waals surface area contributed by atoms with Crippen molar-refractivity contribution in [3.8, 4) is 0 Å². The van der Waals surface area contributed by atoms with Crippen molar-refractivity contribution < 1.29 is 9.53 Å². The highest BCUT2D eigenvalue weighted by atomic mass is 32.1. The summed E-state index contributed by atoms with van der Waals surface area (Å²) in [6.45, 7) is 6.58. The molecule has 1 atom stereocenters. The molecule has 0 spiro atoms. The summed E-state index contributed by atoms with van der Waals surface area (Å²) < 4.78 is 5.17. The molecule has 0 amide bonds. The van der Waals surface area contributed by atoms with Crippen LogP contribution in [0.1, 0.15) is 66.8 Å². The van der Waals surface area contributed by atoms with E-state index in [1.54, 1.807) is 11.3 Å². The van der Waals surface area contributed by atoms with Crippen LogP contribution in [0.5, 0.6) is 0 Å². The van der Waals surface area contributed by atoms with E-state index in [-0.39, 0.29) is 17.4 Å². The molecule has 1 aliphatic carbocycles. The molecule has 0 aromatic carbocycles. The van der Waals surface area contributed by atoms with Gasteiger partial charge in [0.25, 0.3) is 0 Å². The molecule has 1 aliphatic rings. The van der Waals surface area contributed by atoms with E-state index in [4.69, 9.17) is 10.5 Å². The molecular weight excluding hydrogens is 282 g/mol. The number of hydrogen-bond acceptors (Lipinski definition) is 4. The molecule has 1 fully saturated rings. The Morgan fingerprint density at radius 2 is 2.10 bits per heavy atom. The van der Waals surface area contributed by atoms with Gasteiger partial charge in [-0.15, -0.1) is 11.3 Å². The van der Waals surface area contributed by atoms with Gasteiger partial charge < -0.3 is 10.5 Å². The van der Waals surface area contributed by atoms with Crippen molar-refractivity contribution in [1.29, 1.82) is 0 Å². The molecule has 2 rings (SSSR count). The molecule has 0 bridgehead atoms. The second-order valence-corrected chi connectivity index (χ2v) is 7.69. The van der Waals surface area contributed by atoms with E-state index in [2.05, 4.69) is 19.9 Å². The maximum Gasteiger partial charge on any atom is 0.306 e. The Labute approximate surface area is 131 Å². The highest BCUT2D eigenvalue weighted by Crippen LogP contribution is 2.47. The number of carbonyl (C=O) groups excluding carboxylic acids is 1. The van der Waals surface area contributed by atoms with Crippen LogP contribution in [0.2, 0.25) is 0 Å². The zero-order chi connectivity index (χ0) is 15.5. The smallest absolute Gasteiger partial charge is 0.306 e. The van der Waals surface area contributed by atoms with Gasteiger partial charge in [0, 0.05) is 15.8 Å². The van der Waals surface area contributed by atoms with Crippen LogP contribution < -0.4 is 5.73 Å². The third kappa shape index (κ3) is 4.07. The van der Waals surface area contributed by atoms with Crippen molar-refractivity contribution in [2.45, 2.75) is 65.3 Å². The molecule has 4 heteroatoms. The fraction of sp³-hybridized carbons (Fsp3) is 0.706. The Morgan fingerprint density at radius 1 is 1.43 bits per heavy atom. The third-order valence-electron chi connectivity index (χ3n) is 4.56. The van der Waals surface area contributed by atoms with Crippen LogP contribution >= 0.6 is 11.3 Å². The zero-order valence-electron chi connectivity index (χ0n) is 13.4. The lowest BCUT2D eigenvalue weighted by Crippen LogP contribution is -2.27. The van der Waals surface area contributed by atoms with Gasteiger partial charge >= 0.3 is 5.97 Å². The van der Waals surface area contributed by atoms with Crippen molar-refractivity contribution in [3.63, 3.8) is 0 Å². The fourth-order valence-corrected chi connectivity index (χ4v) is 4.72. The van der Waals surface area contributed by atoms with Crippen LogP contribution in [0, 0.1) is 19.3 Å². The third-order valence-corrected chi connectivity index (χ3v) is 5.84. The van der Waals surface area contributed by atoms with Crippen LogP contribution in [0.15, 0.2) is 6.07 Å². The van der Waals surface area contributed by atoms with E-state index in [9.17, 15) is 4.79 Å². The molecule has 0 aliphatic heterocycles. The van der Waals surface area contributed by atoms with Crippen molar-refractivity contribution in [2.24, 2.45) is 11.1 Å². The average molecular weight is 309 g/mol. The number of thiophene rings is 1. The second-order valence-electron chi connectivity index (χ2n) is 6.40. The number of carbonyl (C=O) groups is 1. The van der Waals surface area contributed by atoms with Gasteiger partial charge in [0.1, 0.15) is 0 Å². The minimum absolute atomic E-state index is 0.0382. The molecule has 1 aromatic heterocycles. The predicted octanol–water partition coefficient (Wildman–Crippen LogP) is 4.27. The minimum Gasteiger partial charge on any atom is -0.466 e. The van der Waals surface area contributed by atoms with Crippen LogP contribution in [0.25, 0.3) is 0 Å². The van der Waals surface area contributed by atoms with Gasteiger partial charge in [0.15, 0.2) is 0 Å². The topological polar surface area (TPSA) is 52.3 Å². The van der Waals surface area contributed by atoms with Crippen molar-refractivity contribution in [1.82, 2.24) is 0 Å². The van der Waals surface area contributed by atoms with Crippen LogP contribution in [0.3, 0.4) is 0 Å². The van der Waals surface area contributed by atoms with Gasteiger partial charge in [-0.1, -0.05) is 12.8 Å². The standard InChI is InChI=1S/C17H27NO2S/c1-4-20-15(19)11-17(7-5-6-8-17)10-14(18)16-12(2)9-13(3)21-16/h9,14H,4-8,10-11,18H2,1-3H3. The van der Waals surface area contributed by atoms with Gasteiger partial charge in [0.05, 0.1) is 13.0 Å². The minimum atomic E-state index is -0.0642. The average Bonchev–Trinajstić information content (AvgIpc) is 2.96. The summed E-state index contributed by atoms with van der Waals surface area (Å²) in [5.41, 5.74) is 7.82. The molecule has 0 radical (unpaired) electrons. The summed E-state index contributed by atoms with van der Waals surface area (Å²) in [6, 6.07) is 2.24. The molecule has 3 nitrogen and oxygen atoms in total. The Kier molecular flexibility index (Phi) is 5.44. The molecule has 2 N–H and O–H groups in total. The number of aryl methyl sites for hydroxylation is 2. The van der Waals surface area contributed by atoms with E-state index in [1.165, 1.54) is 28.2 Å². The molecular formula is C17H27NO2S. The highest BCUT2D eigenvalue weighted by molar-refractivity contribution is 7.12. The van der Waals surface area contributed by atoms with Gasteiger partial charge in [-0.05, 0) is 57.1 Å². The summed E-state index contributed by atoms with van der Waals surface area (Å²) in [4.78, 5) is 14.5. The number of hydrogen-bond donors (Lipinski definition) is 1. The lowest BCUT2D eigenvalue weighted by Gasteiger charge is -2.31. The monoisotopic (exact) mass is 309 g/mol. The molecule has 0 saturated heterocycles. The summed E-state index contributed by atoms with van der Waals surface area (Å²) in [6.07, 6.45) is 6.03. The van der Waals surface area contributed by atoms with Crippen molar-refractivity contribution in [2.75, 3.05) is 6.61 Å². The number of nitrogens with two attached hydrogens (primary N) is 1. The molecule has 21 heavy (non-hydrogen) atoms. The first-order chi connectivity index (χ1) is 9.96.